The minimum absolute atomic E-state index is 0.346. The molecule has 0 saturated carbocycles. The van der Waals surface area contributed by atoms with Gasteiger partial charge in [-0.15, -0.1) is 4.73 Å². The summed E-state index contributed by atoms with van der Waals surface area (Å²) >= 11 is 0. The first kappa shape index (κ1) is 14.9. The summed E-state index contributed by atoms with van der Waals surface area (Å²) in [4.78, 5) is 11.6. The molecule has 112 valence electrons. The fraction of sp³-hybridized carbons (Fsp3) is 0.250. The highest BCUT2D eigenvalue weighted by molar-refractivity contribution is 5.94. The molecule has 0 N–H and O–H groups in total. The van der Waals surface area contributed by atoms with Gasteiger partial charge in [0.2, 0.25) is 5.78 Å². The Balaban J connectivity index is 3.03. The number of hydrogen-bond acceptors (Lipinski definition) is 3. The average molecular weight is 304 g/mol. The lowest BCUT2D eigenvalue weighted by atomic mass is 10.1. The Labute approximate surface area is 115 Å². The van der Waals surface area contributed by atoms with Gasteiger partial charge in [-0.2, -0.15) is 17.9 Å². The van der Waals surface area contributed by atoms with Gasteiger partial charge >= 0.3 is 17.6 Å². The maximum atomic E-state index is 13.1. The van der Waals surface area contributed by atoms with E-state index in [2.05, 4.69) is 0 Å². The molecule has 0 aliphatic carbocycles. The van der Waals surface area contributed by atoms with Gasteiger partial charge in [-0.1, -0.05) is 6.92 Å². The van der Waals surface area contributed by atoms with Crippen LogP contribution in [0.3, 0.4) is 0 Å². The number of aromatic nitrogens is 2. The number of ketones is 1. The summed E-state index contributed by atoms with van der Waals surface area (Å²) in [6.07, 6.45) is -5.61. The van der Waals surface area contributed by atoms with E-state index in [1.165, 1.54) is 6.92 Å². The number of carbonyl (C=O) groups excluding carboxylic acids is 1. The van der Waals surface area contributed by atoms with Gasteiger partial charge in [-0.3, -0.25) is 4.79 Å². The molecule has 0 radical (unpaired) electrons. The second kappa shape index (κ2) is 4.83. The summed E-state index contributed by atoms with van der Waals surface area (Å²) < 4.78 is 51.2. The van der Waals surface area contributed by atoms with Crippen molar-refractivity contribution in [2.24, 2.45) is 0 Å². The number of carbonyl (C=O) groups is 1. The lowest BCUT2D eigenvalue weighted by Crippen LogP contribution is -2.50. The number of fused-ring (bicyclic) bond motifs is 1. The highest BCUT2D eigenvalue weighted by atomic mass is 19.4. The van der Waals surface area contributed by atoms with E-state index in [0.717, 1.165) is 12.1 Å². The number of halogens is 4. The predicted octanol–water partition coefficient (Wildman–Crippen LogP) is 1.86. The van der Waals surface area contributed by atoms with Gasteiger partial charge < -0.3 is 10.4 Å². The molecule has 0 aliphatic rings. The van der Waals surface area contributed by atoms with E-state index < -0.39 is 51.3 Å². The summed E-state index contributed by atoms with van der Waals surface area (Å²) in [5.74, 6) is -2.07. The number of hydrogen-bond donors (Lipinski definition) is 0. The monoisotopic (exact) mass is 304 g/mol. The van der Waals surface area contributed by atoms with Crippen molar-refractivity contribution in [2.45, 2.75) is 19.5 Å². The molecule has 2 aromatic rings. The van der Waals surface area contributed by atoms with E-state index in [-0.39, 0.29) is 4.73 Å². The molecule has 0 atom stereocenters. The van der Waals surface area contributed by atoms with Crippen LogP contribution in [0.4, 0.5) is 17.6 Å². The van der Waals surface area contributed by atoms with Gasteiger partial charge in [-0.25, -0.2) is 4.39 Å². The Hall–Kier alpha value is -2.45. The standard InChI is InChI=1S/C12H8F4N2O3/c1-2-9(19)10-11(12(14,15)16)18(21)7-4-3-6(13)5-8(7)17(10)20/h3-5H,2H2,1H3. The van der Waals surface area contributed by atoms with Crippen molar-refractivity contribution in [3.05, 3.63) is 45.8 Å². The molecule has 0 fully saturated rings. The SMILES string of the molecule is CCC(=O)c1c(C(F)(F)F)[n+]([O-])c2ccc(F)cc2[n+]1[O-]. The minimum Gasteiger partial charge on any atom is -0.618 e. The summed E-state index contributed by atoms with van der Waals surface area (Å²) in [6.45, 7) is 1.24. The van der Waals surface area contributed by atoms with E-state index in [1.807, 2.05) is 0 Å². The van der Waals surface area contributed by atoms with Gasteiger partial charge in [0.1, 0.15) is 5.82 Å². The third-order valence-electron chi connectivity index (χ3n) is 2.86. The first-order chi connectivity index (χ1) is 9.68. The van der Waals surface area contributed by atoms with Crippen molar-refractivity contribution in [3.63, 3.8) is 0 Å². The van der Waals surface area contributed by atoms with Crippen LogP contribution in [0.25, 0.3) is 11.0 Å². The Morgan fingerprint density at radius 1 is 1.19 bits per heavy atom. The summed E-state index contributed by atoms with van der Waals surface area (Å²) in [5, 5.41) is 23.8. The molecule has 1 heterocycles. The second-order valence-corrected chi connectivity index (χ2v) is 4.19. The van der Waals surface area contributed by atoms with Crippen LogP contribution in [-0.2, 0) is 6.18 Å². The highest BCUT2D eigenvalue weighted by Gasteiger charge is 2.50. The van der Waals surface area contributed by atoms with Crippen LogP contribution in [0.1, 0.15) is 29.5 Å². The molecule has 0 aliphatic heterocycles. The molecule has 5 nitrogen and oxygen atoms in total. The molecule has 0 bridgehead atoms. The smallest absolute Gasteiger partial charge is 0.486 e. The summed E-state index contributed by atoms with van der Waals surface area (Å²) in [5.41, 5.74) is -4.55. The molecule has 9 heteroatoms. The van der Waals surface area contributed by atoms with Gasteiger partial charge in [0.25, 0.3) is 11.0 Å². The van der Waals surface area contributed by atoms with E-state index in [1.54, 1.807) is 0 Å². The van der Waals surface area contributed by atoms with Crippen molar-refractivity contribution in [1.82, 2.24) is 0 Å². The zero-order valence-corrected chi connectivity index (χ0v) is 10.6. The van der Waals surface area contributed by atoms with Crippen molar-refractivity contribution in [3.8, 4) is 0 Å². The Morgan fingerprint density at radius 2 is 1.81 bits per heavy atom. The van der Waals surface area contributed by atoms with E-state index in [9.17, 15) is 32.8 Å². The van der Waals surface area contributed by atoms with Gasteiger partial charge in [0.05, 0.1) is 6.07 Å². The van der Waals surface area contributed by atoms with Crippen molar-refractivity contribution in [2.75, 3.05) is 0 Å². The third kappa shape index (κ3) is 2.34. The molecule has 2 rings (SSSR count). The molecular weight excluding hydrogens is 296 g/mol. The number of benzene rings is 1. The Kier molecular flexibility index (Phi) is 3.44. The number of alkyl halides is 3. The topological polar surface area (TPSA) is 71.0 Å². The van der Waals surface area contributed by atoms with Gasteiger partial charge in [-0.05, 0) is 6.07 Å². The number of rotatable bonds is 2. The maximum absolute atomic E-state index is 13.1. The minimum atomic E-state index is -5.20. The van der Waals surface area contributed by atoms with Crippen molar-refractivity contribution < 1.29 is 31.8 Å². The van der Waals surface area contributed by atoms with E-state index >= 15 is 0 Å². The summed E-state index contributed by atoms with van der Waals surface area (Å²) in [6, 6.07) is 2.10. The van der Waals surface area contributed by atoms with Crippen molar-refractivity contribution >= 4 is 16.8 Å². The number of nitrogens with zero attached hydrogens (tertiary/aromatic N) is 2. The molecule has 0 saturated heterocycles. The van der Waals surface area contributed by atoms with Crippen LogP contribution in [-0.4, -0.2) is 5.78 Å². The van der Waals surface area contributed by atoms with Crippen LogP contribution < -0.4 is 9.46 Å². The van der Waals surface area contributed by atoms with Crippen LogP contribution in [0.15, 0.2) is 18.2 Å². The predicted molar refractivity (Wildman–Crippen MR) is 61.4 cm³/mol. The molecular formula is C12H8F4N2O3. The quantitative estimate of drug-likeness (QED) is 0.368. The highest BCUT2D eigenvalue weighted by Crippen LogP contribution is 2.29. The first-order valence-electron chi connectivity index (χ1n) is 5.77. The molecule has 1 aromatic carbocycles. The van der Waals surface area contributed by atoms with Crippen LogP contribution >= 0.6 is 0 Å². The van der Waals surface area contributed by atoms with E-state index in [4.69, 9.17) is 0 Å². The molecule has 0 unspecified atom stereocenters. The lowest BCUT2D eigenvalue weighted by molar-refractivity contribution is -0.647. The van der Waals surface area contributed by atoms with Gasteiger partial charge in [0, 0.05) is 12.5 Å². The average Bonchev–Trinajstić information content (AvgIpc) is 2.40. The van der Waals surface area contributed by atoms with E-state index in [0.29, 0.717) is 6.07 Å². The van der Waals surface area contributed by atoms with Gasteiger partial charge in [0.15, 0.2) is 0 Å². The van der Waals surface area contributed by atoms with Crippen LogP contribution in [0, 0.1) is 16.2 Å². The Morgan fingerprint density at radius 3 is 2.33 bits per heavy atom. The second-order valence-electron chi connectivity index (χ2n) is 4.19. The zero-order chi connectivity index (χ0) is 15.9. The van der Waals surface area contributed by atoms with Crippen molar-refractivity contribution in [1.29, 1.82) is 0 Å². The normalized spacial score (nSPS) is 11.9. The van der Waals surface area contributed by atoms with Crippen LogP contribution in [0.5, 0.6) is 0 Å². The Bertz CT molecular complexity index is 744. The molecule has 1 aromatic heterocycles. The maximum Gasteiger partial charge on any atom is 0.486 e. The zero-order valence-electron chi connectivity index (χ0n) is 10.6. The third-order valence-corrected chi connectivity index (χ3v) is 2.86. The largest absolute Gasteiger partial charge is 0.618 e. The molecule has 0 amide bonds. The fourth-order valence-corrected chi connectivity index (χ4v) is 1.93. The fourth-order valence-electron chi connectivity index (χ4n) is 1.93. The van der Waals surface area contributed by atoms with Crippen LogP contribution in [0.2, 0.25) is 0 Å². The summed E-state index contributed by atoms with van der Waals surface area (Å²) in [7, 11) is 0. The first-order valence-corrected chi connectivity index (χ1v) is 5.77. The molecule has 0 spiro atoms. The molecule has 21 heavy (non-hydrogen) atoms. The number of Topliss-reactive ketones (excluding diaryl/α,β-unsaturated/α-hetero) is 1. The lowest BCUT2D eigenvalue weighted by Gasteiger charge is -2.13.